The average molecular weight is 450 g/mol. The summed E-state index contributed by atoms with van der Waals surface area (Å²) in [5.74, 6) is 0. The molecular formula is C15H15BrClFN4S2. The molecule has 0 aromatic carbocycles. The first-order chi connectivity index (χ1) is 11.5. The molecule has 0 radical (unpaired) electrons. The normalized spacial score (nSPS) is 14.0. The standard InChI is InChI=1S/C15H15BrClFN4S2/c1-7(18)8(19)4-10-13(16)14-15(24-10)9(5-11(17)22-14)21-6-12-20-2-3-23-12/h2-3,5,7-8H,4,6,19H2,1H3,(H,21,22)/t7-,8+/m0/s1. The van der Waals surface area contributed by atoms with E-state index in [4.69, 9.17) is 17.3 Å². The van der Waals surface area contributed by atoms with Gasteiger partial charge in [-0.25, -0.2) is 14.4 Å². The van der Waals surface area contributed by atoms with Gasteiger partial charge in [-0.2, -0.15) is 0 Å². The van der Waals surface area contributed by atoms with Gasteiger partial charge >= 0.3 is 0 Å². The van der Waals surface area contributed by atoms with Crippen molar-refractivity contribution in [2.75, 3.05) is 5.32 Å². The molecule has 3 aromatic rings. The smallest absolute Gasteiger partial charge is 0.131 e. The molecule has 0 saturated heterocycles. The van der Waals surface area contributed by atoms with Gasteiger partial charge in [-0.05, 0) is 22.9 Å². The summed E-state index contributed by atoms with van der Waals surface area (Å²) in [5, 5.41) is 6.68. The molecule has 0 amide bonds. The summed E-state index contributed by atoms with van der Waals surface area (Å²) in [4.78, 5) is 9.62. The van der Waals surface area contributed by atoms with Gasteiger partial charge in [0.05, 0.1) is 26.9 Å². The molecule has 0 unspecified atom stereocenters. The van der Waals surface area contributed by atoms with Crippen molar-refractivity contribution in [1.29, 1.82) is 0 Å². The van der Waals surface area contributed by atoms with Gasteiger partial charge in [0.2, 0.25) is 0 Å². The van der Waals surface area contributed by atoms with Crippen LogP contribution in [0.5, 0.6) is 0 Å². The Kier molecular flexibility index (Phi) is 5.71. The zero-order valence-electron chi connectivity index (χ0n) is 12.7. The summed E-state index contributed by atoms with van der Waals surface area (Å²) in [6.07, 6.45) is 1.15. The van der Waals surface area contributed by atoms with Crippen molar-refractivity contribution >= 4 is 66.1 Å². The first-order valence-electron chi connectivity index (χ1n) is 7.25. The van der Waals surface area contributed by atoms with E-state index in [9.17, 15) is 4.39 Å². The molecule has 128 valence electrons. The van der Waals surface area contributed by atoms with Crippen molar-refractivity contribution in [3.05, 3.63) is 37.2 Å². The topological polar surface area (TPSA) is 63.8 Å². The monoisotopic (exact) mass is 448 g/mol. The molecule has 0 spiro atoms. The lowest BCUT2D eigenvalue weighted by molar-refractivity contribution is 0.305. The van der Waals surface area contributed by atoms with Crippen LogP contribution in [0.4, 0.5) is 10.1 Å². The summed E-state index contributed by atoms with van der Waals surface area (Å²) in [7, 11) is 0. The van der Waals surface area contributed by atoms with Crippen LogP contribution < -0.4 is 11.1 Å². The maximum atomic E-state index is 13.4. The minimum atomic E-state index is -1.07. The molecule has 3 N–H and O–H groups in total. The van der Waals surface area contributed by atoms with Gasteiger partial charge in [0.15, 0.2) is 0 Å². The van der Waals surface area contributed by atoms with Crippen LogP contribution in [0.1, 0.15) is 16.8 Å². The van der Waals surface area contributed by atoms with Crippen molar-refractivity contribution in [2.45, 2.75) is 32.1 Å². The quantitative estimate of drug-likeness (QED) is 0.519. The Morgan fingerprint density at radius 3 is 2.96 bits per heavy atom. The van der Waals surface area contributed by atoms with Gasteiger partial charge in [0.25, 0.3) is 0 Å². The largest absolute Gasteiger partial charge is 0.377 e. The summed E-state index contributed by atoms with van der Waals surface area (Å²) in [5.41, 5.74) is 7.53. The van der Waals surface area contributed by atoms with Crippen LogP contribution in [0.25, 0.3) is 10.2 Å². The molecule has 0 aliphatic rings. The molecule has 0 aliphatic carbocycles. The number of nitrogens with zero attached hydrogens (tertiary/aromatic N) is 2. The lowest BCUT2D eigenvalue weighted by Crippen LogP contribution is -2.31. The molecule has 0 bridgehead atoms. The zero-order chi connectivity index (χ0) is 17.3. The fourth-order valence-electron chi connectivity index (χ4n) is 2.20. The van der Waals surface area contributed by atoms with E-state index in [0.717, 1.165) is 30.3 Å². The Hall–Kier alpha value is -0.800. The van der Waals surface area contributed by atoms with E-state index >= 15 is 0 Å². The Labute approximate surface area is 160 Å². The fraction of sp³-hybridized carbons (Fsp3) is 0.333. The van der Waals surface area contributed by atoms with Gasteiger partial charge in [-0.1, -0.05) is 11.6 Å². The molecule has 0 aliphatic heterocycles. The summed E-state index contributed by atoms with van der Waals surface area (Å²) in [6, 6.07) is 1.25. The molecule has 0 saturated carbocycles. The lowest BCUT2D eigenvalue weighted by Gasteiger charge is -2.11. The van der Waals surface area contributed by atoms with Crippen LogP contribution in [0.15, 0.2) is 22.1 Å². The van der Waals surface area contributed by atoms with E-state index in [1.165, 1.54) is 6.92 Å². The van der Waals surface area contributed by atoms with Crippen LogP contribution in [0, 0.1) is 0 Å². The zero-order valence-corrected chi connectivity index (χ0v) is 16.7. The third kappa shape index (κ3) is 3.88. The van der Waals surface area contributed by atoms with Gasteiger partial charge < -0.3 is 11.1 Å². The number of fused-ring (bicyclic) bond motifs is 1. The minimum absolute atomic E-state index is 0.400. The van der Waals surface area contributed by atoms with Gasteiger partial charge in [0, 0.05) is 35.0 Å². The maximum Gasteiger partial charge on any atom is 0.131 e. The first-order valence-corrected chi connectivity index (χ1v) is 10.1. The van der Waals surface area contributed by atoms with E-state index in [-0.39, 0.29) is 0 Å². The van der Waals surface area contributed by atoms with Crippen molar-refractivity contribution in [2.24, 2.45) is 5.73 Å². The van der Waals surface area contributed by atoms with Gasteiger partial charge in [0.1, 0.15) is 16.3 Å². The Bertz CT molecular complexity index is 838. The highest BCUT2D eigenvalue weighted by Gasteiger charge is 2.20. The third-order valence-corrected chi connectivity index (χ3v) is 6.87. The fourth-order valence-corrected chi connectivity index (χ4v) is 4.97. The van der Waals surface area contributed by atoms with E-state index < -0.39 is 12.2 Å². The van der Waals surface area contributed by atoms with E-state index in [1.54, 1.807) is 34.9 Å². The van der Waals surface area contributed by atoms with E-state index in [0.29, 0.717) is 18.1 Å². The molecule has 3 heterocycles. The Morgan fingerprint density at radius 2 is 2.29 bits per heavy atom. The van der Waals surface area contributed by atoms with Crippen LogP contribution in [-0.2, 0) is 13.0 Å². The lowest BCUT2D eigenvalue weighted by atomic mass is 10.1. The molecular weight excluding hydrogens is 435 g/mol. The maximum absolute atomic E-state index is 13.4. The Morgan fingerprint density at radius 1 is 1.50 bits per heavy atom. The number of anilines is 1. The molecule has 2 atom stereocenters. The van der Waals surface area contributed by atoms with Crippen LogP contribution in [-0.4, -0.2) is 22.2 Å². The highest BCUT2D eigenvalue weighted by atomic mass is 79.9. The highest BCUT2D eigenvalue weighted by Crippen LogP contribution is 2.40. The second-order valence-corrected chi connectivity index (χ2v) is 8.60. The third-order valence-electron chi connectivity index (χ3n) is 3.54. The van der Waals surface area contributed by atoms with Gasteiger partial charge in [-0.3, -0.25) is 0 Å². The number of hydrogen-bond donors (Lipinski definition) is 2. The number of thiophene rings is 1. The molecule has 3 aromatic heterocycles. The number of rotatable bonds is 6. The number of hydrogen-bond acceptors (Lipinski definition) is 6. The molecule has 4 nitrogen and oxygen atoms in total. The number of nitrogens with two attached hydrogens (primary N) is 1. The Balaban J connectivity index is 1.94. The minimum Gasteiger partial charge on any atom is -0.377 e. The number of thiazole rings is 1. The predicted molar refractivity (Wildman–Crippen MR) is 104 cm³/mol. The van der Waals surface area contributed by atoms with Crippen LogP contribution >= 0.6 is 50.2 Å². The molecule has 0 fully saturated rings. The number of nitrogens with one attached hydrogen (secondary N) is 1. The molecule has 3 rings (SSSR count). The van der Waals surface area contributed by atoms with E-state index in [2.05, 4.69) is 31.2 Å². The molecule has 24 heavy (non-hydrogen) atoms. The number of alkyl halides is 1. The van der Waals surface area contributed by atoms with Crippen LogP contribution in [0.2, 0.25) is 5.15 Å². The highest BCUT2D eigenvalue weighted by molar-refractivity contribution is 9.10. The summed E-state index contributed by atoms with van der Waals surface area (Å²) in [6.45, 7) is 2.08. The number of halogens is 3. The molecule has 9 heteroatoms. The van der Waals surface area contributed by atoms with Crippen molar-refractivity contribution in [3.63, 3.8) is 0 Å². The number of pyridine rings is 1. The van der Waals surface area contributed by atoms with E-state index in [1.807, 2.05) is 5.38 Å². The van der Waals surface area contributed by atoms with Crippen molar-refractivity contribution < 1.29 is 4.39 Å². The number of aromatic nitrogens is 2. The van der Waals surface area contributed by atoms with Crippen LogP contribution in [0.3, 0.4) is 0 Å². The van der Waals surface area contributed by atoms with Crippen molar-refractivity contribution in [3.8, 4) is 0 Å². The SMILES string of the molecule is C[C@H](F)[C@H](N)Cc1sc2c(NCc3nccs3)cc(Cl)nc2c1Br. The van der Waals surface area contributed by atoms with Crippen molar-refractivity contribution in [1.82, 2.24) is 9.97 Å². The predicted octanol–water partition coefficient (Wildman–Crippen LogP) is 5.01. The second-order valence-electron chi connectivity index (χ2n) is 5.33. The average Bonchev–Trinajstić information content (AvgIpc) is 3.15. The first kappa shape index (κ1) is 18.0. The summed E-state index contributed by atoms with van der Waals surface area (Å²) >= 11 is 12.9. The van der Waals surface area contributed by atoms with Gasteiger partial charge in [-0.15, -0.1) is 22.7 Å². The second kappa shape index (κ2) is 7.61. The summed E-state index contributed by atoms with van der Waals surface area (Å²) < 4.78 is 15.2.